The van der Waals surface area contributed by atoms with Crippen molar-refractivity contribution in [1.82, 2.24) is 4.98 Å². The number of nitrogen functional groups attached to an aromatic ring is 1. The molecule has 0 atom stereocenters. The summed E-state index contributed by atoms with van der Waals surface area (Å²) in [7, 11) is 1.79. The molecule has 1 aliphatic rings. The summed E-state index contributed by atoms with van der Waals surface area (Å²) >= 11 is 0. The molecule has 2 N–H and O–H groups in total. The van der Waals surface area contributed by atoms with E-state index in [1.807, 2.05) is 6.07 Å². The van der Waals surface area contributed by atoms with Crippen LogP contribution in [0.25, 0.3) is 0 Å². The van der Waals surface area contributed by atoms with Crippen LogP contribution in [0.1, 0.15) is 19.3 Å². The largest absolute Gasteiger partial charge is 0.384 e. The summed E-state index contributed by atoms with van der Waals surface area (Å²) in [5.41, 5.74) is 6.29. The highest BCUT2D eigenvalue weighted by atomic mass is 16.2. The number of carbonyl (C=O) groups is 1. The van der Waals surface area contributed by atoms with Crippen LogP contribution < -0.4 is 10.6 Å². The maximum atomic E-state index is 11.9. The molecule has 0 aliphatic heterocycles. The van der Waals surface area contributed by atoms with E-state index in [-0.39, 0.29) is 11.8 Å². The van der Waals surface area contributed by atoms with Gasteiger partial charge in [-0.2, -0.15) is 0 Å². The predicted molar refractivity (Wildman–Crippen MR) is 59.4 cm³/mol. The minimum Gasteiger partial charge on any atom is -0.384 e. The summed E-state index contributed by atoms with van der Waals surface area (Å²) in [6, 6.07) is 3.53. The number of aromatic nitrogens is 1. The zero-order valence-corrected chi connectivity index (χ0v) is 8.81. The van der Waals surface area contributed by atoms with Crippen LogP contribution in [0.5, 0.6) is 0 Å². The average molecular weight is 205 g/mol. The van der Waals surface area contributed by atoms with E-state index in [9.17, 15) is 4.79 Å². The van der Waals surface area contributed by atoms with Gasteiger partial charge in [0.05, 0.1) is 11.9 Å². The number of pyridine rings is 1. The van der Waals surface area contributed by atoms with Crippen LogP contribution in [0.15, 0.2) is 18.3 Å². The number of amides is 1. The zero-order valence-electron chi connectivity index (χ0n) is 8.81. The van der Waals surface area contributed by atoms with Gasteiger partial charge in [0.2, 0.25) is 5.91 Å². The molecule has 0 aromatic carbocycles. The van der Waals surface area contributed by atoms with Crippen molar-refractivity contribution >= 4 is 17.4 Å². The van der Waals surface area contributed by atoms with Crippen molar-refractivity contribution < 1.29 is 4.79 Å². The van der Waals surface area contributed by atoms with Gasteiger partial charge in [-0.3, -0.25) is 4.79 Å². The molecule has 0 radical (unpaired) electrons. The van der Waals surface area contributed by atoms with Crippen LogP contribution in [-0.4, -0.2) is 17.9 Å². The Labute approximate surface area is 89.1 Å². The summed E-state index contributed by atoms with van der Waals surface area (Å²) in [5, 5.41) is 0. The highest BCUT2D eigenvalue weighted by molar-refractivity contribution is 5.94. The van der Waals surface area contributed by atoms with E-state index in [2.05, 4.69) is 4.98 Å². The van der Waals surface area contributed by atoms with Crippen molar-refractivity contribution in [2.45, 2.75) is 19.3 Å². The SMILES string of the molecule is CN(C(=O)C1CCC1)c1ccc(N)nc1. The molecule has 0 saturated heterocycles. The van der Waals surface area contributed by atoms with Crippen LogP contribution in [0.2, 0.25) is 0 Å². The maximum absolute atomic E-state index is 11.9. The van der Waals surface area contributed by atoms with Gasteiger partial charge in [0, 0.05) is 13.0 Å². The number of nitrogens with two attached hydrogens (primary N) is 1. The third-order valence-electron chi connectivity index (χ3n) is 2.94. The second-order valence-corrected chi connectivity index (χ2v) is 3.97. The fraction of sp³-hybridized carbons (Fsp3) is 0.455. The fourth-order valence-electron chi connectivity index (χ4n) is 1.65. The van der Waals surface area contributed by atoms with E-state index >= 15 is 0 Å². The Morgan fingerprint density at radius 2 is 2.27 bits per heavy atom. The number of carbonyl (C=O) groups excluding carboxylic acids is 1. The summed E-state index contributed by atoms with van der Waals surface area (Å²) in [6.45, 7) is 0. The molecule has 80 valence electrons. The summed E-state index contributed by atoms with van der Waals surface area (Å²) in [6.07, 6.45) is 4.84. The Morgan fingerprint density at radius 3 is 2.73 bits per heavy atom. The van der Waals surface area contributed by atoms with Crippen LogP contribution in [0, 0.1) is 5.92 Å². The van der Waals surface area contributed by atoms with Crippen molar-refractivity contribution in [3.8, 4) is 0 Å². The summed E-state index contributed by atoms with van der Waals surface area (Å²) in [5.74, 6) is 0.878. The van der Waals surface area contributed by atoms with Crippen molar-refractivity contribution in [2.24, 2.45) is 5.92 Å². The van der Waals surface area contributed by atoms with Gasteiger partial charge < -0.3 is 10.6 Å². The quantitative estimate of drug-likeness (QED) is 0.794. The molecule has 4 nitrogen and oxygen atoms in total. The molecule has 1 saturated carbocycles. The standard InChI is InChI=1S/C11H15N3O/c1-14(11(15)8-3-2-4-8)9-5-6-10(12)13-7-9/h5-8H,2-4H2,1H3,(H2,12,13). The second-order valence-electron chi connectivity index (χ2n) is 3.97. The van der Waals surface area contributed by atoms with E-state index in [4.69, 9.17) is 5.73 Å². The Kier molecular flexibility index (Phi) is 2.58. The van der Waals surface area contributed by atoms with Crippen LogP contribution in [0.4, 0.5) is 11.5 Å². The first-order chi connectivity index (χ1) is 7.18. The van der Waals surface area contributed by atoms with Gasteiger partial charge in [0.15, 0.2) is 0 Å². The molecule has 0 unspecified atom stereocenters. The number of anilines is 2. The van der Waals surface area contributed by atoms with Crippen molar-refractivity contribution in [2.75, 3.05) is 17.7 Å². The lowest BCUT2D eigenvalue weighted by Crippen LogP contribution is -2.36. The van der Waals surface area contributed by atoms with E-state index in [0.29, 0.717) is 5.82 Å². The molecular formula is C11H15N3O. The first-order valence-electron chi connectivity index (χ1n) is 5.17. The molecule has 0 spiro atoms. The topological polar surface area (TPSA) is 59.2 Å². The third-order valence-corrected chi connectivity index (χ3v) is 2.94. The molecular weight excluding hydrogens is 190 g/mol. The minimum atomic E-state index is 0.188. The molecule has 2 rings (SSSR count). The first kappa shape index (κ1) is 9.96. The Bertz CT molecular complexity index is 357. The van der Waals surface area contributed by atoms with Gasteiger partial charge in [-0.25, -0.2) is 4.98 Å². The molecule has 0 bridgehead atoms. The van der Waals surface area contributed by atoms with Crippen molar-refractivity contribution in [1.29, 1.82) is 0 Å². The van der Waals surface area contributed by atoms with Gasteiger partial charge >= 0.3 is 0 Å². The highest BCUT2D eigenvalue weighted by Crippen LogP contribution is 2.29. The monoisotopic (exact) mass is 205 g/mol. The van der Waals surface area contributed by atoms with E-state index in [1.54, 1.807) is 24.2 Å². The number of nitrogens with zero attached hydrogens (tertiary/aromatic N) is 2. The Balaban J connectivity index is 2.09. The number of hydrogen-bond acceptors (Lipinski definition) is 3. The first-order valence-corrected chi connectivity index (χ1v) is 5.17. The average Bonchev–Trinajstić information content (AvgIpc) is 2.15. The van der Waals surface area contributed by atoms with Gasteiger partial charge in [-0.15, -0.1) is 0 Å². The number of hydrogen-bond donors (Lipinski definition) is 1. The van der Waals surface area contributed by atoms with Gasteiger partial charge in [0.25, 0.3) is 0 Å². The lowest BCUT2D eigenvalue weighted by atomic mass is 9.84. The van der Waals surface area contributed by atoms with Crippen molar-refractivity contribution in [3.63, 3.8) is 0 Å². The predicted octanol–water partition coefficient (Wildman–Crippen LogP) is 1.43. The van der Waals surface area contributed by atoms with Crippen LogP contribution >= 0.6 is 0 Å². The lowest BCUT2D eigenvalue weighted by Gasteiger charge is -2.29. The Morgan fingerprint density at radius 1 is 1.53 bits per heavy atom. The van der Waals surface area contributed by atoms with E-state index in [1.165, 1.54) is 6.42 Å². The van der Waals surface area contributed by atoms with Gasteiger partial charge in [-0.1, -0.05) is 6.42 Å². The number of rotatable bonds is 2. The van der Waals surface area contributed by atoms with E-state index in [0.717, 1.165) is 18.5 Å². The zero-order chi connectivity index (χ0) is 10.8. The molecule has 15 heavy (non-hydrogen) atoms. The molecule has 1 aromatic rings. The summed E-state index contributed by atoms with van der Waals surface area (Å²) < 4.78 is 0. The maximum Gasteiger partial charge on any atom is 0.229 e. The molecule has 1 aliphatic carbocycles. The lowest BCUT2D eigenvalue weighted by molar-refractivity contribution is -0.124. The van der Waals surface area contributed by atoms with Gasteiger partial charge in [0.1, 0.15) is 5.82 Å². The molecule has 1 heterocycles. The van der Waals surface area contributed by atoms with Gasteiger partial charge in [-0.05, 0) is 25.0 Å². The van der Waals surface area contributed by atoms with Crippen molar-refractivity contribution in [3.05, 3.63) is 18.3 Å². The van der Waals surface area contributed by atoms with E-state index < -0.39 is 0 Å². The summed E-state index contributed by atoms with van der Waals surface area (Å²) in [4.78, 5) is 17.5. The normalized spacial score (nSPS) is 15.8. The second kappa shape index (κ2) is 3.88. The fourth-order valence-corrected chi connectivity index (χ4v) is 1.65. The van der Waals surface area contributed by atoms with Crippen LogP contribution in [-0.2, 0) is 4.79 Å². The Hall–Kier alpha value is -1.58. The third kappa shape index (κ3) is 1.93. The molecule has 1 fully saturated rings. The van der Waals surface area contributed by atoms with Crippen LogP contribution in [0.3, 0.4) is 0 Å². The smallest absolute Gasteiger partial charge is 0.229 e. The molecule has 1 amide bonds. The molecule has 4 heteroatoms. The molecule has 1 aromatic heterocycles. The minimum absolute atomic E-state index is 0.188. The highest BCUT2D eigenvalue weighted by Gasteiger charge is 2.28.